The minimum atomic E-state index is -0.00698. The van der Waals surface area contributed by atoms with Crippen molar-refractivity contribution in [3.8, 4) is 0 Å². The minimum Gasteiger partial charge on any atom is -0.377 e. The Bertz CT molecular complexity index is 476. The molecule has 2 fully saturated rings. The van der Waals surface area contributed by atoms with Gasteiger partial charge >= 0.3 is 0 Å². The lowest BCUT2D eigenvalue weighted by Crippen LogP contribution is -2.49. The van der Waals surface area contributed by atoms with Crippen molar-refractivity contribution in [3.05, 3.63) is 33.8 Å². The fourth-order valence-electron chi connectivity index (χ4n) is 2.76. The zero-order chi connectivity index (χ0) is 12.7. The lowest BCUT2D eigenvalue weighted by Gasteiger charge is -2.34. The molecule has 2 aliphatic heterocycles. The molecule has 0 spiro atoms. The Balaban J connectivity index is 1.90. The Hall–Kier alpha value is -0.770. The van der Waals surface area contributed by atoms with Crippen LogP contribution in [0.15, 0.2) is 18.2 Å². The van der Waals surface area contributed by atoms with E-state index in [9.17, 15) is 4.79 Å². The monoisotopic (exact) mass is 285 g/mol. The average Bonchev–Trinajstić information content (AvgIpc) is 2.58. The zero-order valence-corrected chi connectivity index (χ0v) is 11.2. The van der Waals surface area contributed by atoms with Gasteiger partial charge in [-0.3, -0.25) is 4.79 Å². The summed E-state index contributed by atoms with van der Waals surface area (Å²) < 4.78 is 5.47. The van der Waals surface area contributed by atoms with Crippen molar-refractivity contribution in [2.45, 2.75) is 24.9 Å². The summed E-state index contributed by atoms with van der Waals surface area (Å²) in [5.41, 5.74) is 0.528. The van der Waals surface area contributed by atoms with Crippen LogP contribution in [0.4, 0.5) is 0 Å². The maximum atomic E-state index is 12.5. The maximum Gasteiger partial charge on any atom is 0.256 e. The Kier molecular flexibility index (Phi) is 3.22. The van der Waals surface area contributed by atoms with E-state index in [-0.39, 0.29) is 18.0 Å². The second-order valence-corrected chi connectivity index (χ2v) is 5.60. The van der Waals surface area contributed by atoms with Crippen LogP contribution in [0.1, 0.15) is 23.2 Å². The highest BCUT2D eigenvalue weighted by Crippen LogP contribution is 2.32. The lowest BCUT2D eigenvalue weighted by atomic mass is 10.1. The van der Waals surface area contributed by atoms with Crippen LogP contribution in [0.3, 0.4) is 0 Å². The SMILES string of the molecule is O=C(c1ccc(Cl)cc1Cl)N1C2CCC1COC2. The van der Waals surface area contributed by atoms with Crippen molar-refractivity contribution in [3.63, 3.8) is 0 Å². The molecule has 0 saturated carbocycles. The molecule has 0 aromatic heterocycles. The third kappa shape index (κ3) is 2.00. The highest BCUT2D eigenvalue weighted by Gasteiger charge is 2.40. The largest absolute Gasteiger partial charge is 0.377 e. The molecular formula is C13H13Cl2NO2. The topological polar surface area (TPSA) is 29.5 Å². The summed E-state index contributed by atoms with van der Waals surface area (Å²) in [6, 6.07) is 5.40. The molecule has 0 aliphatic carbocycles. The van der Waals surface area contributed by atoms with Gasteiger partial charge < -0.3 is 9.64 Å². The quantitative estimate of drug-likeness (QED) is 0.794. The summed E-state index contributed by atoms with van der Waals surface area (Å²) in [7, 11) is 0. The molecule has 2 bridgehead atoms. The molecule has 0 radical (unpaired) electrons. The van der Waals surface area contributed by atoms with Gasteiger partial charge in [0.15, 0.2) is 0 Å². The molecule has 18 heavy (non-hydrogen) atoms. The van der Waals surface area contributed by atoms with Gasteiger partial charge in [-0.25, -0.2) is 0 Å². The van der Waals surface area contributed by atoms with Crippen LogP contribution in [0.2, 0.25) is 10.0 Å². The summed E-state index contributed by atoms with van der Waals surface area (Å²) in [6.07, 6.45) is 2.03. The van der Waals surface area contributed by atoms with Gasteiger partial charge in [0.1, 0.15) is 0 Å². The zero-order valence-electron chi connectivity index (χ0n) is 9.73. The van der Waals surface area contributed by atoms with Crippen molar-refractivity contribution in [1.82, 2.24) is 4.90 Å². The molecule has 2 saturated heterocycles. The smallest absolute Gasteiger partial charge is 0.256 e. The number of benzene rings is 1. The molecule has 1 amide bonds. The van der Waals surface area contributed by atoms with Crippen LogP contribution in [-0.4, -0.2) is 36.1 Å². The van der Waals surface area contributed by atoms with Gasteiger partial charge in [-0.2, -0.15) is 0 Å². The number of carbonyl (C=O) groups is 1. The molecule has 2 aliphatic rings. The Morgan fingerprint density at radius 3 is 2.50 bits per heavy atom. The molecular weight excluding hydrogens is 273 g/mol. The van der Waals surface area contributed by atoms with E-state index in [1.165, 1.54) is 0 Å². The van der Waals surface area contributed by atoms with Crippen LogP contribution in [-0.2, 0) is 4.74 Å². The first-order chi connectivity index (χ1) is 8.66. The number of hydrogen-bond acceptors (Lipinski definition) is 2. The van der Waals surface area contributed by atoms with Gasteiger partial charge in [-0.15, -0.1) is 0 Å². The second kappa shape index (κ2) is 4.72. The lowest BCUT2D eigenvalue weighted by molar-refractivity contribution is -0.00714. The van der Waals surface area contributed by atoms with E-state index in [2.05, 4.69) is 0 Å². The number of fused-ring (bicyclic) bond motifs is 2. The summed E-state index contributed by atoms with van der Waals surface area (Å²) in [4.78, 5) is 14.5. The molecule has 2 unspecified atom stereocenters. The van der Waals surface area contributed by atoms with Gasteiger partial charge in [0.2, 0.25) is 0 Å². The van der Waals surface area contributed by atoms with Gasteiger partial charge in [0.25, 0.3) is 5.91 Å². The van der Waals surface area contributed by atoms with E-state index >= 15 is 0 Å². The highest BCUT2D eigenvalue weighted by atomic mass is 35.5. The van der Waals surface area contributed by atoms with Crippen molar-refractivity contribution >= 4 is 29.1 Å². The number of rotatable bonds is 1. The number of nitrogens with zero attached hydrogens (tertiary/aromatic N) is 1. The standard InChI is InChI=1S/C13H13Cl2NO2/c14-8-1-4-11(12(15)5-8)13(17)16-9-2-3-10(16)7-18-6-9/h1,4-5,9-10H,2-3,6-7H2. The summed E-state index contributed by atoms with van der Waals surface area (Å²) >= 11 is 11.9. The van der Waals surface area contributed by atoms with Crippen LogP contribution < -0.4 is 0 Å². The van der Waals surface area contributed by atoms with Gasteiger partial charge in [-0.1, -0.05) is 23.2 Å². The maximum absolute atomic E-state index is 12.5. The van der Waals surface area contributed by atoms with Crippen LogP contribution >= 0.6 is 23.2 Å². The molecule has 1 aromatic rings. The van der Waals surface area contributed by atoms with E-state index in [0.717, 1.165) is 12.8 Å². The van der Waals surface area contributed by atoms with Crippen molar-refractivity contribution in [1.29, 1.82) is 0 Å². The highest BCUT2D eigenvalue weighted by molar-refractivity contribution is 6.36. The summed E-state index contributed by atoms with van der Waals surface area (Å²) in [6.45, 7) is 1.26. The number of halogens is 2. The Morgan fingerprint density at radius 1 is 1.22 bits per heavy atom. The Morgan fingerprint density at radius 2 is 1.89 bits per heavy atom. The number of amides is 1. The molecule has 96 valence electrons. The van der Waals surface area contributed by atoms with E-state index < -0.39 is 0 Å². The Labute approximate surface area is 116 Å². The van der Waals surface area contributed by atoms with Crippen LogP contribution in [0.5, 0.6) is 0 Å². The van der Waals surface area contributed by atoms with E-state index in [0.29, 0.717) is 28.8 Å². The van der Waals surface area contributed by atoms with Crippen molar-refractivity contribution < 1.29 is 9.53 Å². The predicted molar refractivity (Wildman–Crippen MR) is 70.3 cm³/mol. The molecule has 0 N–H and O–H groups in total. The normalized spacial score (nSPS) is 26.4. The summed E-state index contributed by atoms with van der Waals surface area (Å²) in [5, 5.41) is 0.958. The molecule has 2 heterocycles. The van der Waals surface area contributed by atoms with Crippen molar-refractivity contribution in [2.24, 2.45) is 0 Å². The van der Waals surface area contributed by atoms with E-state index in [1.54, 1.807) is 18.2 Å². The third-order valence-corrected chi connectivity index (χ3v) is 4.18. The fourth-order valence-corrected chi connectivity index (χ4v) is 3.25. The molecule has 1 aromatic carbocycles. The molecule has 2 atom stereocenters. The van der Waals surface area contributed by atoms with E-state index in [1.807, 2.05) is 4.90 Å². The molecule has 3 nitrogen and oxygen atoms in total. The fraction of sp³-hybridized carbons (Fsp3) is 0.462. The first kappa shape index (κ1) is 12.3. The molecule has 3 rings (SSSR count). The first-order valence-electron chi connectivity index (χ1n) is 6.02. The summed E-state index contributed by atoms with van der Waals surface area (Å²) in [5.74, 6) is -0.00698. The van der Waals surface area contributed by atoms with Crippen LogP contribution in [0, 0.1) is 0 Å². The van der Waals surface area contributed by atoms with E-state index in [4.69, 9.17) is 27.9 Å². The number of ether oxygens (including phenoxy) is 1. The van der Waals surface area contributed by atoms with Gasteiger partial charge in [0.05, 0.1) is 35.9 Å². The number of morpholine rings is 1. The van der Waals surface area contributed by atoms with Crippen molar-refractivity contribution in [2.75, 3.05) is 13.2 Å². The van der Waals surface area contributed by atoms with Gasteiger partial charge in [0, 0.05) is 5.02 Å². The van der Waals surface area contributed by atoms with Gasteiger partial charge in [-0.05, 0) is 31.0 Å². The third-order valence-electron chi connectivity index (χ3n) is 3.64. The number of carbonyl (C=O) groups excluding carboxylic acids is 1. The van der Waals surface area contributed by atoms with Crippen LogP contribution in [0.25, 0.3) is 0 Å². The minimum absolute atomic E-state index is 0.00698. The first-order valence-corrected chi connectivity index (χ1v) is 6.78. The molecule has 5 heteroatoms. The average molecular weight is 286 g/mol. The predicted octanol–water partition coefficient (Wildman–Crippen LogP) is 3.00. The number of hydrogen-bond donors (Lipinski definition) is 0. The second-order valence-electron chi connectivity index (χ2n) is 4.76.